The van der Waals surface area contributed by atoms with Gasteiger partial charge in [0.15, 0.2) is 0 Å². The predicted molar refractivity (Wildman–Crippen MR) is 87.8 cm³/mol. The lowest BCUT2D eigenvalue weighted by atomic mass is 9.79. The quantitative estimate of drug-likeness (QED) is 0.603. The smallest absolute Gasteiger partial charge is 0.381 e. The zero-order valence-electron chi connectivity index (χ0n) is 15.7. The fourth-order valence-corrected chi connectivity index (χ4v) is 3.65. The molecule has 2 rings (SSSR count). The van der Waals surface area contributed by atoms with Crippen molar-refractivity contribution in [3.8, 4) is 0 Å². The van der Waals surface area contributed by atoms with Crippen molar-refractivity contribution in [3.05, 3.63) is 29.8 Å². The maximum atomic E-state index is 14.9. The fourth-order valence-electron chi connectivity index (χ4n) is 3.65. The van der Waals surface area contributed by atoms with Crippen LogP contribution in [0.5, 0.6) is 0 Å². The van der Waals surface area contributed by atoms with Gasteiger partial charge in [-0.2, -0.15) is 35.1 Å². The number of para-hydroxylation sites is 1. The molecular formula is C18H20F9NO. The van der Waals surface area contributed by atoms with Crippen LogP contribution in [0.2, 0.25) is 0 Å². The highest BCUT2D eigenvalue weighted by Gasteiger charge is 3.00. The number of hydrogen-bond donors (Lipinski definition) is 1. The van der Waals surface area contributed by atoms with Gasteiger partial charge in [-0.25, -0.2) is 4.39 Å². The summed E-state index contributed by atoms with van der Waals surface area (Å²) in [6, 6.07) is 5.20. The van der Waals surface area contributed by atoms with Gasteiger partial charge in [-0.15, -0.1) is 0 Å². The molecule has 0 saturated heterocycles. The van der Waals surface area contributed by atoms with Crippen molar-refractivity contribution >= 4 is 5.69 Å². The molecule has 0 amide bonds. The molecule has 1 aliphatic rings. The number of alkyl halides is 9. The highest BCUT2D eigenvalue weighted by atomic mass is 19.4. The molecule has 1 saturated carbocycles. The molecule has 166 valence electrons. The van der Waals surface area contributed by atoms with E-state index in [9.17, 15) is 44.6 Å². The number of anilines is 1. The summed E-state index contributed by atoms with van der Waals surface area (Å²) in [5.74, 6) is -26.2. The zero-order chi connectivity index (χ0) is 22.7. The third kappa shape index (κ3) is 2.83. The van der Waals surface area contributed by atoms with E-state index in [2.05, 4.69) is 0 Å². The molecule has 1 aromatic carbocycles. The van der Waals surface area contributed by atoms with E-state index < -0.39 is 41.4 Å². The SMILES string of the molecule is CCN(CC)c1ccccc1C(C)(O)CC1(F)C(F)(F)C(F)(F)C(F)(F)C1(F)F. The van der Waals surface area contributed by atoms with Crippen molar-refractivity contribution in [2.45, 2.75) is 62.2 Å². The van der Waals surface area contributed by atoms with Crippen LogP contribution in [0.1, 0.15) is 32.8 Å². The van der Waals surface area contributed by atoms with Crippen molar-refractivity contribution in [1.29, 1.82) is 0 Å². The fraction of sp³-hybridized carbons (Fsp3) is 0.667. The number of aliphatic hydroxyl groups is 1. The van der Waals surface area contributed by atoms with Gasteiger partial charge >= 0.3 is 23.7 Å². The largest absolute Gasteiger partial charge is 0.385 e. The summed E-state index contributed by atoms with van der Waals surface area (Å²) in [5.41, 5.74) is -8.83. The minimum Gasteiger partial charge on any atom is -0.385 e. The van der Waals surface area contributed by atoms with Gasteiger partial charge in [0.1, 0.15) is 0 Å². The molecule has 29 heavy (non-hydrogen) atoms. The highest BCUT2D eigenvalue weighted by Crippen LogP contribution is 2.71. The van der Waals surface area contributed by atoms with Crippen LogP contribution in [-0.2, 0) is 5.60 Å². The molecule has 0 bridgehead atoms. The second kappa shape index (κ2) is 6.68. The van der Waals surface area contributed by atoms with Crippen LogP contribution in [0.25, 0.3) is 0 Å². The molecule has 0 aliphatic heterocycles. The Hall–Kier alpha value is -1.65. The Bertz CT molecular complexity index is 733. The molecule has 1 atom stereocenters. The van der Waals surface area contributed by atoms with E-state index in [1.807, 2.05) is 0 Å². The molecule has 1 N–H and O–H groups in total. The number of nitrogens with zero attached hydrogens (tertiary/aromatic N) is 1. The highest BCUT2D eigenvalue weighted by molar-refractivity contribution is 5.56. The minimum absolute atomic E-state index is 0.134. The summed E-state index contributed by atoms with van der Waals surface area (Å²) in [7, 11) is 0. The molecular weight excluding hydrogens is 417 g/mol. The normalized spacial score (nSPS) is 25.4. The van der Waals surface area contributed by atoms with E-state index in [0.29, 0.717) is 20.0 Å². The zero-order valence-corrected chi connectivity index (χ0v) is 15.7. The Labute approximate surface area is 161 Å². The van der Waals surface area contributed by atoms with Gasteiger partial charge in [0, 0.05) is 30.8 Å². The second-order valence-electron chi connectivity index (χ2n) is 7.24. The van der Waals surface area contributed by atoms with Crippen LogP contribution in [0.15, 0.2) is 24.3 Å². The number of rotatable bonds is 6. The second-order valence-corrected chi connectivity index (χ2v) is 7.24. The molecule has 1 aromatic rings. The standard InChI is InChI=1S/C18H20F9NO/c1-4-28(5-2)12-9-7-6-8-11(12)13(3,29)10-14(19)15(20,21)17(24,25)18(26,27)16(14,22)23/h6-9,29H,4-5,10H2,1-3H3. The van der Waals surface area contributed by atoms with E-state index >= 15 is 0 Å². The van der Waals surface area contributed by atoms with Gasteiger partial charge < -0.3 is 10.0 Å². The monoisotopic (exact) mass is 437 g/mol. The summed E-state index contributed by atoms with van der Waals surface area (Å²) in [5, 5.41) is 10.6. The lowest BCUT2D eigenvalue weighted by Crippen LogP contribution is -2.57. The third-order valence-corrected chi connectivity index (χ3v) is 5.35. The molecule has 0 aromatic heterocycles. The molecule has 0 heterocycles. The number of halogens is 9. The van der Waals surface area contributed by atoms with Crippen molar-refractivity contribution in [3.63, 3.8) is 0 Å². The predicted octanol–water partition coefficient (Wildman–Crippen LogP) is 5.39. The first-order chi connectivity index (χ1) is 13.0. The maximum Gasteiger partial charge on any atom is 0.381 e. The van der Waals surface area contributed by atoms with Crippen LogP contribution < -0.4 is 4.90 Å². The van der Waals surface area contributed by atoms with Gasteiger partial charge in [0.05, 0.1) is 5.60 Å². The van der Waals surface area contributed by atoms with E-state index in [0.717, 1.165) is 6.07 Å². The van der Waals surface area contributed by atoms with E-state index in [1.54, 1.807) is 18.7 Å². The average molecular weight is 437 g/mol. The van der Waals surface area contributed by atoms with E-state index in [1.165, 1.54) is 18.2 Å². The van der Waals surface area contributed by atoms with Gasteiger partial charge in [0.2, 0.25) is 0 Å². The van der Waals surface area contributed by atoms with Crippen LogP contribution >= 0.6 is 0 Å². The average Bonchev–Trinajstić information content (AvgIpc) is 2.65. The van der Waals surface area contributed by atoms with Crippen LogP contribution in [-0.4, -0.2) is 47.6 Å². The van der Waals surface area contributed by atoms with Crippen LogP contribution in [0.4, 0.5) is 45.2 Å². The van der Waals surface area contributed by atoms with Crippen molar-refractivity contribution in [2.24, 2.45) is 0 Å². The third-order valence-electron chi connectivity index (χ3n) is 5.35. The first-order valence-corrected chi connectivity index (χ1v) is 8.73. The minimum atomic E-state index is -6.66. The van der Waals surface area contributed by atoms with Gasteiger partial charge in [-0.1, -0.05) is 18.2 Å². The summed E-state index contributed by atoms with van der Waals surface area (Å²) < 4.78 is 125. The molecule has 0 radical (unpaired) electrons. The van der Waals surface area contributed by atoms with E-state index in [-0.39, 0.29) is 11.3 Å². The Morgan fingerprint density at radius 3 is 1.62 bits per heavy atom. The first-order valence-electron chi connectivity index (χ1n) is 8.73. The molecule has 1 aliphatic carbocycles. The Kier molecular flexibility index (Phi) is 5.44. The van der Waals surface area contributed by atoms with Gasteiger partial charge in [0.25, 0.3) is 5.67 Å². The van der Waals surface area contributed by atoms with Crippen LogP contribution in [0.3, 0.4) is 0 Å². The lowest BCUT2D eigenvalue weighted by molar-refractivity contribution is -0.303. The summed E-state index contributed by atoms with van der Waals surface area (Å²) in [6.07, 6.45) is -2.39. The summed E-state index contributed by atoms with van der Waals surface area (Å²) >= 11 is 0. The number of hydrogen-bond acceptors (Lipinski definition) is 2. The lowest BCUT2D eigenvalue weighted by Gasteiger charge is -2.38. The number of benzene rings is 1. The van der Waals surface area contributed by atoms with Crippen molar-refractivity contribution in [2.75, 3.05) is 18.0 Å². The summed E-state index contributed by atoms with van der Waals surface area (Å²) in [4.78, 5) is 1.56. The van der Waals surface area contributed by atoms with Gasteiger partial charge in [-0.05, 0) is 26.8 Å². The Morgan fingerprint density at radius 2 is 1.21 bits per heavy atom. The van der Waals surface area contributed by atoms with Crippen molar-refractivity contribution < 1.29 is 44.6 Å². The Balaban J connectivity index is 2.64. The van der Waals surface area contributed by atoms with Gasteiger partial charge in [-0.3, -0.25) is 0 Å². The Morgan fingerprint density at radius 1 is 0.793 bits per heavy atom. The molecule has 0 spiro atoms. The van der Waals surface area contributed by atoms with E-state index in [4.69, 9.17) is 0 Å². The maximum absolute atomic E-state index is 14.9. The molecule has 1 fully saturated rings. The molecule has 11 heteroatoms. The first kappa shape index (κ1) is 23.6. The molecule has 2 nitrogen and oxygen atoms in total. The molecule has 1 unspecified atom stereocenters. The van der Waals surface area contributed by atoms with Crippen molar-refractivity contribution in [1.82, 2.24) is 0 Å². The summed E-state index contributed by atoms with van der Waals surface area (Å²) in [6.45, 7) is 4.61. The topological polar surface area (TPSA) is 23.5 Å². The van der Waals surface area contributed by atoms with Crippen LogP contribution in [0, 0.1) is 0 Å².